The van der Waals surface area contributed by atoms with E-state index in [9.17, 15) is 9.59 Å². The Morgan fingerprint density at radius 2 is 2.03 bits per heavy atom. The van der Waals surface area contributed by atoms with Crippen LogP contribution in [0.3, 0.4) is 0 Å². The van der Waals surface area contributed by atoms with Gasteiger partial charge in [-0.15, -0.1) is 0 Å². The van der Waals surface area contributed by atoms with E-state index in [-0.39, 0.29) is 12.2 Å². The van der Waals surface area contributed by atoms with Crippen LogP contribution in [0.5, 0.6) is 11.5 Å². The van der Waals surface area contributed by atoms with E-state index >= 15 is 0 Å². The number of nitriles is 1. The highest BCUT2D eigenvalue weighted by molar-refractivity contribution is 14.1. The number of halogens is 1. The molecule has 1 aliphatic heterocycles. The first-order valence-electron chi connectivity index (χ1n) is 11.0. The summed E-state index contributed by atoms with van der Waals surface area (Å²) < 4.78 is 18.8. The fourth-order valence-electron chi connectivity index (χ4n) is 4.03. The summed E-state index contributed by atoms with van der Waals surface area (Å²) in [6.45, 7) is 1.81. The molecule has 8 nitrogen and oxygen atoms in total. The van der Waals surface area contributed by atoms with E-state index < -0.39 is 12.0 Å². The van der Waals surface area contributed by atoms with Crippen molar-refractivity contribution in [2.24, 2.45) is 4.99 Å². The number of thiazole rings is 1. The van der Waals surface area contributed by atoms with Crippen molar-refractivity contribution in [2.45, 2.75) is 19.4 Å². The van der Waals surface area contributed by atoms with Gasteiger partial charge in [0.15, 0.2) is 22.9 Å². The molecule has 184 valence electrons. The van der Waals surface area contributed by atoms with Gasteiger partial charge in [-0.25, -0.2) is 9.79 Å². The number of rotatable bonds is 7. The summed E-state index contributed by atoms with van der Waals surface area (Å²) >= 11 is 3.36. The summed E-state index contributed by atoms with van der Waals surface area (Å²) in [5.41, 5.74) is 2.22. The molecule has 0 spiro atoms. The molecular weight excluding hydrogens is 593 g/mol. The molecule has 0 amide bonds. The van der Waals surface area contributed by atoms with Gasteiger partial charge < -0.3 is 14.2 Å². The monoisotopic (exact) mass is 615 g/mol. The number of carbonyl (C=O) groups excluding carboxylic acids is 1. The highest BCUT2D eigenvalue weighted by Gasteiger charge is 2.33. The van der Waals surface area contributed by atoms with E-state index in [4.69, 9.17) is 19.5 Å². The molecule has 0 bridgehead atoms. The molecule has 4 rings (SSSR count). The van der Waals surface area contributed by atoms with E-state index in [2.05, 4.69) is 27.6 Å². The summed E-state index contributed by atoms with van der Waals surface area (Å²) in [5.74, 6) is 0.420. The number of fused-ring (bicyclic) bond motifs is 1. The SMILES string of the molecule is CCC1=C(C(=O)OC)[C@H](c2ccccc2)n2c(s/c(=C\c3cc(I)c(OCC#N)c(OC)c3)c2=O)=N1. The summed E-state index contributed by atoms with van der Waals surface area (Å²) in [7, 11) is 2.84. The summed E-state index contributed by atoms with van der Waals surface area (Å²) in [5, 5.41) is 8.85. The van der Waals surface area contributed by atoms with Gasteiger partial charge in [0.25, 0.3) is 5.56 Å². The molecule has 0 N–H and O–H groups in total. The highest BCUT2D eigenvalue weighted by Crippen LogP contribution is 2.34. The van der Waals surface area contributed by atoms with E-state index in [1.807, 2.05) is 49.4 Å². The predicted octanol–water partition coefficient (Wildman–Crippen LogP) is 3.31. The zero-order valence-electron chi connectivity index (χ0n) is 19.8. The highest BCUT2D eigenvalue weighted by atomic mass is 127. The van der Waals surface area contributed by atoms with Crippen LogP contribution in [0.25, 0.3) is 6.08 Å². The van der Waals surface area contributed by atoms with Crippen LogP contribution < -0.4 is 24.4 Å². The Labute approximate surface area is 224 Å². The maximum Gasteiger partial charge on any atom is 0.338 e. The lowest BCUT2D eigenvalue weighted by Crippen LogP contribution is -2.40. The topological polar surface area (TPSA) is 103 Å². The molecular formula is C26H22IN3O5S. The predicted molar refractivity (Wildman–Crippen MR) is 144 cm³/mol. The second-order valence-electron chi connectivity index (χ2n) is 7.68. The number of methoxy groups -OCH3 is 2. The van der Waals surface area contributed by atoms with Crippen LogP contribution in [0.1, 0.15) is 30.5 Å². The molecule has 1 atom stereocenters. The maximum absolute atomic E-state index is 13.7. The van der Waals surface area contributed by atoms with Crippen molar-refractivity contribution in [2.75, 3.05) is 20.8 Å². The number of hydrogen-bond donors (Lipinski definition) is 0. The van der Waals surface area contributed by atoms with Crippen LogP contribution in [-0.4, -0.2) is 31.4 Å². The van der Waals surface area contributed by atoms with Gasteiger partial charge in [-0.1, -0.05) is 48.6 Å². The first-order valence-corrected chi connectivity index (χ1v) is 12.9. The molecule has 1 aromatic heterocycles. The summed E-state index contributed by atoms with van der Waals surface area (Å²) in [4.78, 5) is 31.8. The zero-order chi connectivity index (χ0) is 25.8. The molecule has 0 unspecified atom stereocenters. The van der Waals surface area contributed by atoms with Crippen molar-refractivity contribution in [1.82, 2.24) is 4.57 Å². The standard InChI is InChI=1S/C26H22IN3O5S/c1-4-18-21(25(32)34-3)22(16-8-6-5-7-9-16)30-24(31)20(36-26(30)29-18)14-15-12-17(27)23(35-11-10-28)19(13-15)33-2/h5-9,12-14,22H,4,11H2,1-3H3/b20-14-/t22-/m0/s1. The molecule has 3 aromatic rings. The smallest absolute Gasteiger partial charge is 0.338 e. The second kappa shape index (κ2) is 11.1. The summed E-state index contributed by atoms with van der Waals surface area (Å²) in [6.07, 6.45) is 2.27. The molecule has 0 saturated heterocycles. The van der Waals surface area contributed by atoms with Crippen molar-refractivity contribution in [3.8, 4) is 17.6 Å². The number of nitrogens with zero attached hydrogens (tertiary/aromatic N) is 3. The Morgan fingerprint density at radius 1 is 1.28 bits per heavy atom. The van der Waals surface area contributed by atoms with Crippen LogP contribution in [0, 0.1) is 14.9 Å². The van der Waals surface area contributed by atoms with Crippen molar-refractivity contribution >= 4 is 46.0 Å². The zero-order valence-corrected chi connectivity index (χ0v) is 22.8. The molecule has 2 aromatic carbocycles. The minimum atomic E-state index is -0.650. The van der Waals surface area contributed by atoms with Gasteiger partial charge in [0.2, 0.25) is 0 Å². The van der Waals surface area contributed by atoms with Crippen LogP contribution in [-0.2, 0) is 9.53 Å². The molecule has 2 heterocycles. The van der Waals surface area contributed by atoms with Gasteiger partial charge in [-0.05, 0) is 58.3 Å². The van der Waals surface area contributed by atoms with E-state index in [0.717, 1.165) is 14.7 Å². The van der Waals surface area contributed by atoms with Crippen molar-refractivity contribution in [3.63, 3.8) is 0 Å². The van der Waals surface area contributed by atoms with Gasteiger partial charge in [0.1, 0.15) is 6.07 Å². The number of allylic oxidation sites excluding steroid dienone is 1. The second-order valence-corrected chi connectivity index (χ2v) is 9.85. The third-order valence-corrected chi connectivity index (χ3v) is 7.38. The number of carbonyl (C=O) groups is 1. The number of hydrogen-bond acceptors (Lipinski definition) is 8. The van der Waals surface area contributed by atoms with E-state index in [1.165, 1.54) is 25.6 Å². The fourth-order valence-corrected chi connectivity index (χ4v) is 5.83. The first kappa shape index (κ1) is 25.7. The van der Waals surface area contributed by atoms with Crippen molar-refractivity contribution < 1.29 is 19.0 Å². The molecule has 10 heteroatoms. The Morgan fingerprint density at radius 3 is 2.67 bits per heavy atom. The van der Waals surface area contributed by atoms with Gasteiger partial charge in [0.05, 0.1) is 39.6 Å². The Balaban J connectivity index is 1.93. The molecule has 36 heavy (non-hydrogen) atoms. The van der Waals surface area contributed by atoms with Gasteiger partial charge in [-0.2, -0.15) is 5.26 Å². The lowest BCUT2D eigenvalue weighted by atomic mass is 9.95. The first-order chi connectivity index (χ1) is 17.4. The normalized spacial score (nSPS) is 15.1. The average Bonchev–Trinajstić information content (AvgIpc) is 3.20. The van der Waals surface area contributed by atoms with Crippen molar-refractivity contribution in [1.29, 1.82) is 5.26 Å². The minimum Gasteiger partial charge on any atom is -0.493 e. The Hall–Kier alpha value is -3.43. The quantitative estimate of drug-likeness (QED) is 0.299. The van der Waals surface area contributed by atoms with Crippen molar-refractivity contribution in [3.05, 3.63) is 88.1 Å². The van der Waals surface area contributed by atoms with Crippen LogP contribution >= 0.6 is 33.9 Å². The minimum absolute atomic E-state index is 0.105. The molecule has 0 aliphatic carbocycles. The fraction of sp³-hybridized carbons (Fsp3) is 0.231. The maximum atomic E-state index is 13.7. The van der Waals surface area contributed by atoms with E-state index in [1.54, 1.807) is 16.7 Å². The third-order valence-electron chi connectivity index (χ3n) is 5.60. The van der Waals surface area contributed by atoms with E-state index in [0.29, 0.717) is 38.5 Å². The van der Waals surface area contributed by atoms with Gasteiger partial charge in [-0.3, -0.25) is 9.36 Å². The molecule has 0 saturated carbocycles. The third kappa shape index (κ3) is 4.81. The lowest BCUT2D eigenvalue weighted by molar-refractivity contribution is -0.136. The number of ether oxygens (including phenoxy) is 3. The molecule has 1 aliphatic rings. The Kier molecular flexibility index (Phi) is 7.91. The van der Waals surface area contributed by atoms with Gasteiger partial charge >= 0.3 is 5.97 Å². The van der Waals surface area contributed by atoms with Crippen LogP contribution in [0.15, 0.2) is 63.5 Å². The average molecular weight is 615 g/mol. The van der Waals surface area contributed by atoms with Crippen LogP contribution in [0.4, 0.5) is 0 Å². The lowest BCUT2D eigenvalue weighted by Gasteiger charge is -2.25. The number of benzene rings is 2. The molecule has 0 fully saturated rings. The number of esters is 1. The molecule has 0 radical (unpaired) electrons. The van der Waals surface area contributed by atoms with Gasteiger partial charge in [0, 0.05) is 0 Å². The largest absolute Gasteiger partial charge is 0.493 e. The summed E-state index contributed by atoms with van der Waals surface area (Å²) in [6, 6.07) is 14.3. The van der Waals surface area contributed by atoms with Crippen LogP contribution in [0.2, 0.25) is 0 Å². The Bertz CT molecular complexity index is 1570. The number of aromatic nitrogens is 1.